The van der Waals surface area contributed by atoms with Crippen LogP contribution in [0.4, 0.5) is 4.39 Å². The van der Waals surface area contributed by atoms with Gasteiger partial charge in [-0.25, -0.2) is 4.39 Å². The van der Waals surface area contributed by atoms with Crippen LogP contribution in [0.15, 0.2) is 54.6 Å². The molecule has 0 aliphatic heterocycles. The first-order chi connectivity index (χ1) is 10.1. The van der Waals surface area contributed by atoms with E-state index in [0.717, 1.165) is 5.56 Å². The van der Waals surface area contributed by atoms with E-state index in [1.165, 1.54) is 24.3 Å². The van der Waals surface area contributed by atoms with Gasteiger partial charge in [0.15, 0.2) is 0 Å². The summed E-state index contributed by atoms with van der Waals surface area (Å²) in [4.78, 5) is 23.1. The zero-order chi connectivity index (χ0) is 15.1. The number of halogens is 1. The number of carbonyl (C=O) groups is 2. The highest BCUT2D eigenvalue weighted by atomic mass is 19.1. The lowest BCUT2D eigenvalue weighted by Gasteiger charge is -2.00. The molecule has 1 N–H and O–H groups in total. The molecule has 4 heteroatoms. The number of hydrogen-bond acceptors (Lipinski definition) is 2. The molecule has 0 spiro atoms. The molecule has 0 aliphatic carbocycles. The Kier molecular flexibility index (Phi) is 4.84. The SMILES string of the molecule is O=C(C#Cc1ccc(F)cc1)NC(=O)Cc1ccccc1. The number of hydrogen-bond donors (Lipinski definition) is 1. The van der Waals surface area contributed by atoms with Gasteiger partial charge >= 0.3 is 5.91 Å². The molecule has 0 radical (unpaired) electrons. The second-order valence-corrected chi connectivity index (χ2v) is 4.30. The fourth-order valence-corrected chi connectivity index (χ4v) is 1.65. The molecule has 0 heterocycles. The van der Waals surface area contributed by atoms with Gasteiger partial charge < -0.3 is 0 Å². The average molecular weight is 281 g/mol. The van der Waals surface area contributed by atoms with Gasteiger partial charge in [-0.3, -0.25) is 14.9 Å². The molecular formula is C17H12FNO2. The second kappa shape index (κ2) is 7.01. The Labute approximate surface area is 121 Å². The largest absolute Gasteiger partial charge is 0.302 e. The summed E-state index contributed by atoms with van der Waals surface area (Å²) >= 11 is 0. The van der Waals surface area contributed by atoms with Crippen molar-refractivity contribution in [2.75, 3.05) is 0 Å². The van der Waals surface area contributed by atoms with Crippen LogP contribution in [-0.4, -0.2) is 11.8 Å². The lowest BCUT2D eigenvalue weighted by molar-refractivity contribution is -0.127. The van der Waals surface area contributed by atoms with Crippen LogP contribution in [0.5, 0.6) is 0 Å². The van der Waals surface area contributed by atoms with Crippen LogP contribution >= 0.6 is 0 Å². The van der Waals surface area contributed by atoms with E-state index >= 15 is 0 Å². The van der Waals surface area contributed by atoms with Crippen LogP contribution in [0.1, 0.15) is 11.1 Å². The molecule has 104 valence electrons. The highest BCUT2D eigenvalue weighted by molar-refractivity contribution is 6.05. The molecule has 21 heavy (non-hydrogen) atoms. The number of benzene rings is 2. The van der Waals surface area contributed by atoms with E-state index in [0.29, 0.717) is 5.56 Å². The lowest BCUT2D eigenvalue weighted by atomic mass is 10.1. The summed E-state index contributed by atoms with van der Waals surface area (Å²) in [6.45, 7) is 0. The minimum absolute atomic E-state index is 0.116. The van der Waals surface area contributed by atoms with Gasteiger partial charge in [0.05, 0.1) is 6.42 Å². The molecule has 0 fully saturated rings. The zero-order valence-corrected chi connectivity index (χ0v) is 11.1. The third-order valence-corrected chi connectivity index (χ3v) is 2.63. The molecule has 2 amide bonds. The molecule has 0 aliphatic rings. The standard InChI is InChI=1S/C17H12FNO2/c18-15-9-6-13(7-10-15)8-11-16(20)19-17(21)12-14-4-2-1-3-5-14/h1-7,9-10H,12H2,(H,19,20,21). The minimum atomic E-state index is -0.680. The summed E-state index contributed by atoms with van der Waals surface area (Å²) in [5, 5.41) is 2.18. The Morgan fingerprint density at radius 2 is 1.67 bits per heavy atom. The number of nitrogens with one attached hydrogen (secondary N) is 1. The molecule has 0 atom stereocenters. The van der Waals surface area contributed by atoms with Crippen molar-refractivity contribution in [2.45, 2.75) is 6.42 Å². The van der Waals surface area contributed by atoms with Gasteiger partial charge in [0.1, 0.15) is 5.82 Å². The summed E-state index contributed by atoms with van der Waals surface area (Å²) in [6, 6.07) is 14.5. The smallest absolute Gasteiger partial charge is 0.285 e. The van der Waals surface area contributed by atoms with E-state index in [-0.39, 0.29) is 12.2 Å². The van der Waals surface area contributed by atoms with Gasteiger partial charge in [-0.2, -0.15) is 0 Å². The van der Waals surface area contributed by atoms with Crippen molar-refractivity contribution in [1.29, 1.82) is 0 Å². The van der Waals surface area contributed by atoms with Gasteiger partial charge in [-0.1, -0.05) is 36.3 Å². The minimum Gasteiger partial charge on any atom is -0.285 e. The van der Waals surface area contributed by atoms with Crippen LogP contribution in [0.2, 0.25) is 0 Å². The first-order valence-electron chi connectivity index (χ1n) is 6.29. The summed E-state index contributed by atoms with van der Waals surface area (Å²) in [7, 11) is 0. The van der Waals surface area contributed by atoms with Crippen molar-refractivity contribution in [2.24, 2.45) is 0 Å². The molecule has 2 rings (SSSR count). The van der Waals surface area contributed by atoms with Crippen molar-refractivity contribution in [3.8, 4) is 11.8 Å². The topological polar surface area (TPSA) is 46.2 Å². The Bertz CT molecular complexity index is 697. The third-order valence-electron chi connectivity index (χ3n) is 2.63. The van der Waals surface area contributed by atoms with Crippen LogP contribution < -0.4 is 5.32 Å². The van der Waals surface area contributed by atoms with E-state index in [1.807, 2.05) is 18.2 Å². The number of imide groups is 1. The predicted molar refractivity (Wildman–Crippen MR) is 76.6 cm³/mol. The fraction of sp³-hybridized carbons (Fsp3) is 0.0588. The summed E-state index contributed by atoms with van der Waals surface area (Å²) in [5.41, 5.74) is 1.32. The first kappa shape index (κ1) is 14.5. The normalized spacial score (nSPS) is 9.38. The molecule has 0 saturated heterocycles. The molecule has 0 unspecified atom stereocenters. The molecule has 3 nitrogen and oxygen atoms in total. The fourth-order valence-electron chi connectivity index (χ4n) is 1.65. The predicted octanol–water partition coefficient (Wildman–Crippen LogP) is 2.06. The van der Waals surface area contributed by atoms with Gasteiger partial charge in [0, 0.05) is 11.5 Å². The second-order valence-electron chi connectivity index (χ2n) is 4.30. The Balaban J connectivity index is 1.90. The van der Waals surface area contributed by atoms with Gasteiger partial charge in [-0.05, 0) is 29.8 Å². The lowest BCUT2D eigenvalue weighted by Crippen LogP contribution is -2.30. The van der Waals surface area contributed by atoms with E-state index in [9.17, 15) is 14.0 Å². The summed E-state index contributed by atoms with van der Waals surface area (Å²) < 4.78 is 12.7. The van der Waals surface area contributed by atoms with E-state index in [4.69, 9.17) is 0 Å². The van der Waals surface area contributed by atoms with Crippen molar-refractivity contribution in [3.05, 3.63) is 71.5 Å². The molecule has 0 aromatic heterocycles. The van der Waals surface area contributed by atoms with Gasteiger partial charge in [0.25, 0.3) is 0 Å². The van der Waals surface area contributed by atoms with E-state index in [1.54, 1.807) is 12.1 Å². The number of carbonyl (C=O) groups excluding carboxylic acids is 2. The van der Waals surface area contributed by atoms with Crippen molar-refractivity contribution in [1.82, 2.24) is 5.32 Å². The Hall–Kier alpha value is -2.93. The molecule has 2 aromatic carbocycles. The molecule has 0 bridgehead atoms. The molecule has 2 aromatic rings. The summed E-state index contributed by atoms with van der Waals surface area (Å²) in [6.07, 6.45) is 0.116. The Morgan fingerprint density at radius 1 is 1.00 bits per heavy atom. The van der Waals surface area contributed by atoms with Crippen LogP contribution in [0.3, 0.4) is 0 Å². The maximum Gasteiger partial charge on any atom is 0.302 e. The van der Waals surface area contributed by atoms with Crippen molar-refractivity contribution < 1.29 is 14.0 Å². The number of rotatable bonds is 2. The van der Waals surface area contributed by atoms with Crippen molar-refractivity contribution >= 4 is 11.8 Å². The maximum atomic E-state index is 12.7. The van der Waals surface area contributed by atoms with Crippen LogP contribution in [0, 0.1) is 17.7 Å². The van der Waals surface area contributed by atoms with Crippen molar-refractivity contribution in [3.63, 3.8) is 0 Å². The van der Waals surface area contributed by atoms with Crippen LogP contribution in [0.25, 0.3) is 0 Å². The monoisotopic (exact) mass is 281 g/mol. The number of amides is 2. The third kappa shape index (κ3) is 4.92. The van der Waals surface area contributed by atoms with Gasteiger partial charge in [-0.15, -0.1) is 0 Å². The zero-order valence-electron chi connectivity index (χ0n) is 11.1. The molecule has 0 saturated carbocycles. The first-order valence-corrected chi connectivity index (χ1v) is 6.29. The summed E-state index contributed by atoms with van der Waals surface area (Å²) in [5.74, 6) is 3.38. The van der Waals surface area contributed by atoms with E-state index < -0.39 is 11.8 Å². The Morgan fingerprint density at radius 3 is 2.33 bits per heavy atom. The van der Waals surface area contributed by atoms with E-state index in [2.05, 4.69) is 17.2 Å². The highest BCUT2D eigenvalue weighted by Crippen LogP contribution is 2.00. The molecular weight excluding hydrogens is 269 g/mol. The highest BCUT2D eigenvalue weighted by Gasteiger charge is 2.06. The van der Waals surface area contributed by atoms with Crippen LogP contribution in [-0.2, 0) is 16.0 Å². The maximum absolute atomic E-state index is 12.7. The quantitative estimate of drug-likeness (QED) is 0.856. The average Bonchev–Trinajstić information content (AvgIpc) is 2.47. The van der Waals surface area contributed by atoms with Gasteiger partial charge in [0.2, 0.25) is 5.91 Å².